The summed E-state index contributed by atoms with van der Waals surface area (Å²) < 4.78 is 11.3. The van der Waals surface area contributed by atoms with E-state index in [2.05, 4.69) is 26.6 Å². The second kappa shape index (κ2) is 13.8. The molecule has 0 saturated carbocycles. The van der Waals surface area contributed by atoms with Gasteiger partial charge < -0.3 is 25.0 Å². The van der Waals surface area contributed by atoms with E-state index in [1.54, 1.807) is 11.9 Å². The number of carbonyl (C=O) groups excluding carboxylic acids is 1. The van der Waals surface area contributed by atoms with Gasteiger partial charge in [-0.3, -0.25) is 14.7 Å². The van der Waals surface area contributed by atoms with Gasteiger partial charge in [0.05, 0.1) is 19.3 Å². The molecule has 8 heteroatoms. The topological polar surface area (TPSA) is 78.4 Å². The van der Waals surface area contributed by atoms with Crippen molar-refractivity contribution >= 4 is 11.9 Å². The van der Waals surface area contributed by atoms with Gasteiger partial charge >= 0.3 is 0 Å². The minimum absolute atomic E-state index is 0.0399. The van der Waals surface area contributed by atoms with Crippen molar-refractivity contribution in [1.29, 1.82) is 0 Å². The van der Waals surface area contributed by atoms with Gasteiger partial charge in [0.1, 0.15) is 0 Å². The Hall–Kier alpha value is -2.48. The molecule has 1 saturated heterocycles. The molecule has 8 nitrogen and oxygen atoms in total. The molecule has 1 amide bonds. The summed E-state index contributed by atoms with van der Waals surface area (Å²) in [6.45, 7) is 8.68. The molecule has 0 aromatic heterocycles. The fourth-order valence-electron chi connectivity index (χ4n) is 3.96. The fourth-order valence-corrected chi connectivity index (χ4v) is 3.96. The highest BCUT2D eigenvalue weighted by Gasteiger charge is 2.30. The number of ether oxygens (including phenoxy) is 2. The van der Waals surface area contributed by atoms with Gasteiger partial charge in [0.25, 0.3) is 0 Å². The van der Waals surface area contributed by atoms with E-state index in [1.807, 2.05) is 40.1 Å². The zero-order chi connectivity index (χ0) is 23.3. The van der Waals surface area contributed by atoms with E-state index in [1.165, 1.54) is 5.56 Å². The van der Waals surface area contributed by atoms with Crippen molar-refractivity contribution in [3.63, 3.8) is 0 Å². The molecule has 1 aromatic carbocycles. The number of aliphatic imine (C=N–C) groups is 1. The lowest BCUT2D eigenvalue weighted by molar-refractivity contribution is -0.133. The van der Waals surface area contributed by atoms with Crippen molar-refractivity contribution in [2.24, 2.45) is 4.99 Å². The number of nitrogens with one attached hydrogen (secondary N) is 2. The maximum Gasteiger partial charge on any atom is 0.239 e. The summed E-state index contributed by atoms with van der Waals surface area (Å²) in [4.78, 5) is 20.6. The lowest BCUT2D eigenvalue weighted by Crippen LogP contribution is -2.44. The molecule has 1 aliphatic heterocycles. The predicted octanol–water partition coefficient (Wildman–Crippen LogP) is 2.13. The summed E-state index contributed by atoms with van der Waals surface area (Å²) in [5.41, 5.74) is 1.19. The quantitative estimate of drug-likeness (QED) is 0.290. The second-order valence-electron chi connectivity index (χ2n) is 8.10. The highest BCUT2D eigenvalue weighted by atomic mass is 16.5. The maximum atomic E-state index is 12.3. The smallest absolute Gasteiger partial charge is 0.239 e. The van der Waals surface area contributed by atoms with Gasteiger partial charge in [-0.05, 0) is 63.8 Å². The standard InChI is InChI=1S/C24H41N5O3/c1-6-31-21-12-11-19(18-22(21)32-7-2)13-15-27-24(25-3)26-14-9-17-29-16-8-10-20(29)23(30)28(4)5/h11-12,18,20H,6-10,13-17H2,1-5H3,(H2,25,26,27). The Balaban J connectivity index is 1.72. The van der Waals surface area contributed by atoms with E-state index in [9.17, 15) is 4.79 Å². The minimum atomic E-state index is 0.0399. The van der Waals surface area contributed by atoms with Crippen molar-refractivity contribution in [2.75, 3.05) is 60.5 Å². The third-order valence-electron chi connectivity index (χ3n) is 5.54. The number of carbonyl (C=O) groups is 1. The highest BCUT2D eigenvalue weighted by molar-refractivity contribution is 5.81. The third kappa shape index (κ3) is 7.89. The first-order valence-electron chi connectivity index (χ1n) is 11.8. The molecule has 1 atom stereocenters. The van der Waals surface area contributed by atoms with E-state index in [4.69, 9.17) is 9.47 Å². The Morgan fingerprint density at radius 3 is 2.56 bits per heavy atom. The van der Waals surface area contributed by atoms with Crippen LogP contribution in [-0.2, 0) is 11.2 Å². The molecule has 1 unspecified atom stereocenters. The SMILES string of the molecule is CCOc1ccc(CCNC(=NC)NCCCN2CCCC2C(=O)N(C)C)cc1OCC. The number of likely N-dealkylation sites (N-methyl/N-ethyl adjacent to an activating group) is 1. The molecule has 0 bridgehead atoms. The third-order valence-corrected chi connectivity index (χ3v) is 5.54. The van der Waals surface area contributed by atoms with Crippen LogP contribution in [-0.4, -0.2) is 88.2 Å². The number of amides is 1. The molecule has 1 fully saturated rings. The van der Waals surface area contributed by atoms with Crippen molar-refractivity contribution in [3.05, 3.63) is 23.8 Å². The van der Waals surface area contributed by atoms with Crippen molar-refractivity contribution in [1.82, 2.24) is 20.4 Å². The van der Waals surface area contributed by atoms with Gasteiger partial charge in [0, 0.05) is 40.8 Å². The summed E-state index contributed by atoms with van der Waals surface area (Å²) in [5.74, 6) is 2.59. The second-order valence-corrected chi connectivity index (χ2v) is 8.10. The number of likely N-dealkylation sites (tertiary alicyclic amines) is 1. The molecule has 1 aromatic rings. The molecule has 180 valence electrons. The van der Waals surface area contributed by atoms with Crippen LogP contribution in [0.3, 0.4) is 0 Å². The molecule has 2 rings (SSSR count). The Bertz CT molecular complexity index is 738. The first-order valence-corrected chi connectivity index (χ1v) is 11.8. The maximum absolute atomic E-state index is 12.3. The number of benzene rings is 1. The van der Waals surface area contributed by atoms with Gasteiger partial charge in [-0.25, -0.2) is 0 Å². The summed E-state index contributed by atoms with van der Waals surface area (Å²) in [6, 6.07) is 6.14. The number of rotatable bonds is 12. The van der Waals surface area contributed by atoms with Crippen LogP contribution in [0, 0.1) is 0 Å². The molecular formula is C24H41N5O3. The van der Waals surface area contributed by atoms with Crippen LogP contribution in [0.4, 0.5) is 0 Å². The predicted molar refractivity (Wildman–Crippen MR) is 130 cm³/mol. The molecule has 1 aliphatic rings. The molecule has 2 N–H and O–H groups in total. The van der Waals surface area contributed by atoms with Crippen LogP contribution in [0.15, 0.2) is 23.2 Å². The van der Waals surface area contributed by atoms with Crippen LogP contribution in [0.25, 0.3) is 0 Å². The largest absolute Gasteiger partial charge is 0.490 e. The Kier molecular flexibility index (Phi) is 11.1. The molecular weight excluding hydrogens is 406 g/mol. The fraction of sp³-hybridized carbons (Fsp3) is 0.667. The molecule has 0 spiro atoms. The molecule has 1 heterocycles. The van der Waals surface area contributed by atoms with E-state index < -0.39 is 0 Å². The lowest BCUT2D eigenvalue weighted by Gasteiger charge is -2.26. The Labute approximate surface area is 193 Å². The van der Waals surface area contributed by atoms with Crippen LogP contribution in [0.5, 0.6) is 11.5 Å². The van der Waals surface area contributed by atoms with Crippen LogP contribution in [0.1, 0.15) is 38.7 Å². The Morgan fingerprint density at radius 1 is 1.16 bits per heavy atom. The van der Waals surface area contributed by atoms with Gasteiger partial charge in [0.15, 0.2) is 17.5 Å². The van der Waals surface area contributed by atoms with E-state index in [0.29, 0.717) is 13.2 Å². The summed E-state index contributed by atoms with van der Waals surface area (Å²) >= 11 is 0. The van der Waals surface area contributed by atoms with Gasteiger partial charge in [0.2, 0.25) is 5.91 Å². The van der Waals surface area contributed by atoms with Crippen LogP contribution >= 0.6 is 0 Å². The number of hydrogen-bond donors (Lipinski definition) is 2. The summed E-state index contributed by atoms with van der Waals surface area (Å²) in [6.07, 6.45) is 3.88. The van der Waals surface area contributed by atoms with E-state index >= 15 is 0 Å². The number of guanidine groups is 1. The van der Waals surface area contributed by atoms with E-state index in [-0.39, 0.29) is 11.9 Å². The van der Waals surface area contributed by atoms with Crippen molar-refractivity contribution in [3.8, 4) is 11.5 Å². The summed E-state index contributed by atoms with van der Waals surface area (Å²) in [5, 5.41) is 6.75. The zero-order valence-corrected chi connectivity index (χ0v) is 20.4. The first-order chi connectivity index (χ1) is 15.5. The first kappa shape index (κ1) is 25.8. The molecule has 32 heavy (non-hydrogen) atoms. The molecule has 0 radical (unpaired) electrons. The number of nitrogens with zero attached hydrogens (tertiary/aromatic N) is 3. The van der Waals surface area contributed by atoms with Crippen LogP contribution in [0.2, 0.25) is 0 Å². The lowest BCUT2D eigenvalue weighted by atomic mass is 10.1. The van der Waals surface area contributed by atoms with Gasteiger partial charge in [-0.1, -0.05) is 6.07 Å². The van der Waals surface area contributed by atoms with Gasteiger partial charge in [-0.15, -0.1) is 0 Å². The average Bonchev–Trinajstić information content (AvgIpc) is 3.25. The summed E-state index contributed by atoms with van der Waals surface area (Å²) in [7, 11) is 5.45. The Morgan fingerprint density at radius 2 is 1.88 bits per heavy atom. The average molecular weight is 448 g/mol. The van der Waals surface area contributed by atoms with Crippen molar-refractivity contribution in [2.45, 2.75) is 45.6 Å². The number of hydrogen-bond acceptors (Lipinski definition) is 5. The van der Waals surface area contributed by atoms with E-state index in [0.717, 1.165) is 69.3 Å². The zero-order valence-electron chi connectivity index (χ0n) is 20.4. The minimum Gasteiger partial charge on any atom is -0.490 e. The highest BCUT2D eigenvalue weighted by Crippen LogP contribution is 2.28. The van der Waals surface area contributed by atoms with Gasteiger partial charge in [-0.2, -0.15) is 0 Å². The van der Waals surface area contributed by atoms with Crippen LogP contribution < -0.4 is 20.1 Å². The normalized spacial score (nSPS) is 16.7. The van der Waals surface area contributed by atoms with Crippen molar-refractivity contribution < 1.29 is 14.3 Å². The molecule has 0 aliphatic carbocycles. The monoisotopic (exact) mass is 447 g/mol.